The maximum Gasteiger partial charge on any atom is 0.320 e. The Morgan fingerprint density at radius 2 is 1.89 bits per heavy atom. The minimum atomic E-state index is 0.181. The second-order valence-corrected chi connectivity index (χ2v) is 9.04. The lowest BCUT2D eigenvalue weighted by Crippen LogP contribution is -2.35. The van der Waals surface area contributed by atoms with E-state index in [0.717, 1.165) is 38.4 Å². The number of anilines is 1. The molecule has 0 unspecified atom stereocenters. The van der Waals surface area contributed by atoms with Crippen LogP contribution in [0, 0.1) is 0 Å². The molecule has 1 aliphatic rings. The molecule has 0 amide bonds. The Morgan fingerprint density at radius 1 is 1.08 bits per heavy atom. The first-order chi connectivity index (χ1) is 18.0. The number of rotatable bonds is 11. The van der Waals surface area contributed by atoms with Crippen LogP contribution in [0.5, 0.6) is 12.0 Å². The number of nitrogen functional groups attached to an aromatic ring is 1. The minimum absolute atomic E-state index is 0.181. The first kappa shape index (κ1) is 26.6. The zero-order valence-corrected chi connectivity index (χ0v) is 22.1. The number of morpholine rings is 1. The Bertz CT molecular complexity index is 1260. The second-order valence-electron chi connectivity index (χ2n) is 9.04. The molecule has 0 atom stereocenters. The number of benzene rings is 1. The molecule has 1 aliphatic heterocycles. The van der Waals surface area contributed by atoms with Crippen LogP contribution in [-0.4, -0.2) is 78.2 Å². The molecule has 1 saturated heterocycles. The van der Waals surface area contributed by atoms with E-state index >= 15 is 0 Å². The number of aromatic nitrogens is 4. The molecule has 0 bridgehead atoms. The van der Waals surface area contributed by atoms with Gasteiger partial charge in [-0.15, -0.1) is 0 Å². The van der Waals surface area contributed by atoms with E-state index in [1.165, 1.54) is 16.7 Å². The summed E-state index contributed by atoms with van der Waals surface area (Å²) in [5.74, 6) is 0.240. The zero-order chi connectivity index (χ0) is 26.2. The monoisotopic (exact) mass is 508 g/mol. The van der Waals surface area contributed by atoms with Crippen molar-refractivity contribution in [2.75, 3.05) is 59.5 Å². The van der Waals surface area contributed by atoms with Crippen molar-refractivity contribution in [1.82, 2.24) is 24.4 Å². The first-order valence-electron chi connectivity index (χ1n) is 12.4. The molecule has 2 N–H and O–H groups in total. The van der Waals surface area contributed by atoms with Gasteiger partial charge in [0.15, 0.2) is 17.0 Å². The van der Waals surface area contributed by atoms with E-state index in [1.807, 2.05) is 4.57 Å². The molecule has 3 aromatic rings. The average molecular weight is 509 g/mol. The summed E-state index contributed by atoms with van der Waals surface area (Å²) in [5, 5.41) is 0. The SMILES string of the molecule is COCCOc1nc(N)c2nc(OC)n(CC(C)=CC=C(C)c3cccc(CN4CCOCC4)c3)c2n1. The van der Waals surface area contributed by atoms with Crippen molar-refractivity contribution in [3.05, 3.63) is 53.1 Å². The molecule has 0 saturated carbocycles. The third kappa shape index (κ3) is 6.85. The topological polar surface area (TPSA) is 110 Å². The van der Waals surface area contributed by atoms with E-state index in [0.29, 0.717) is 36.9 Å². The van der Waals surface area contributed by atoms with Crippen molar-refractivity contribution in [2.45, 2.75) is 26.9 Å². The van der Waals surface area contributed by atoms with Gasteiger partial charge in [-0.2, -0.15) is 15.0 Å². The number of nitrogens with zero attached hydrogens (tertiary/aromatic N) is 5. The minimum Gasteiger partial charge on any atom is -0.468 e. The Morgan fingerprint density at radius 3 is 2.65 bits per heavy atom. The van der Waals surface area contributed by atoms with Gasteiger partial charge in [0.2, 0.25) is 0 Å². The lowest BCUT2D eigenvalue weighted by Gasteiger charge is -2.26. The summed E-state index contributed by atoms with van der Waals surface area (Å²) >= 11 is 0. The number of nitrogens with two attached hydrogens (primary N) is 1. The molecule has 1 fully saturated rings. The highest BCUT2D eigenvalue weighted by Gasteiger charge is 2.18. The van der Waals surface area contributed by atoms with Gasteiger partial charge in [-0.25, -0.2) is 0 Å². The molecular weight excluding hydrogens is 472 g/mol. The van der Waals surface area contributed by atoms with Crippen molar-refractivity contribution in [3.8, 4) is 12.0 Å². The Balaban J connectivity index is 1.51. The summed E-state index contributed by atoms with van der Waals surface area (Å²) < 4.78 is 23.5. The molecule has 10 heteroatoms. The fourth-order valence-electron chi connectivity index (χ4n) is 4.16. The summed E-state index contributed by atoms with van der Waals surface area (Å²) in [6, 6.07) is 9.31. The highest BCUT2D eigenvalue weighted by atomic mass is 16.5. The molecule has 0 spiro atoms. The summed E-state index contributed by atoms with van der Waals surface area (Å²) in [5.41, 5.74) is 12.0. The second kappa shape index (κ2) is 12.7. The molecule has 3 heterocycles. The Labute approximate surface area is 217 Å². The number of allylic oxidation sites excluding steroid dienone is 4. The number of imidazole rings is 1. The largest absolute Gasteiger partial charge is 0.468 e. The normalized spacial score (nSPS) is 15.4. The van der Waals surface area contributed by atoms with Gasteiger partial charge in [-0.05, 0) is 30.5 Å². The summed E-state index contributed by atoms with van der Waals surface area (Å²) in [6.07, 6.45) is 4.24. The fourth-order valence-corrected chi connectivity index (χ4v) is 4.16. The van der Waals surface area contributed by atoms with Crippen molar-refractivity contribution in [1.29, 1.82) is 0 Å². The molecule has 198 valence electrons. The van der Waals surface area contributed by atoms with Crippen LogP contribution in [0.25, 0.3) is 16.7 Å². The van der Waals surface area contributed by atoms with E-state index in [-0.39, 0.29) is 11.8 Å². The molecule has 0 aliphatic carbocycles. The predicted octanol–water partition coefficient (Wildman–Crippen LogP) is 3.32. The van der Waals surface area contributed by atoms with Crippen LogP contribution in [0.1, 0.15) is 25.0 Å². The lowest BCUT2D eigenvalue weighted by atomic mass is 10.0. The number of hydrogen-bond acceptors (Lipinski definition) is 9. The van der Waals surface area contributed by atoms with Crippen LogP contribution in [-0.2, 0) is 22.6 Å². The highest BCUT2D eigenvalue weighted by molar-refractivity contribution is 5.83. The van der Waals surface area contributed by atoms with Crippen molar-refractivity contribution in [3.63, 3.8) is 0 Å². The molecule has 0 radical (unpaired) electrons. The standard InChI is InChI=1S/C27H36N6O4/c1-19(8-9-20(2)22-7-5-6-21(16-22)18-32-10-12-36-13-11-32)17-33-25-23(29-27(33)35-4)24(28)30-26(31-25)37-15-14-34-3/h5-9,16H,10-15,17-18H2,1-4H3,(H2,28,30,31). The highest BCUT2D eigenvalue weighted by Crippen LogP contribution is 2.26. The predicted molar refractivity (Wildman–Crippen MR) is 144 cm³/mol. The van der Waals surface area contributed by atoms with Gasteiger partial charge >= 0.3 is 6.01 Å². The van der Waals surface area contributed by atoms with Crippen molar-refractivity contribution < 1.29 is 18.9 Å². The van der Waals surface area contributed by atoms with Gasteiger partial charge in [0.25, 0.3) is 6.01 Å². The smallest absolute Gasteiger partial charge is 0.320 e. The number of methoxy groups -OCH3 is 2. The van der Waals surface area contributed by atoms with E-state index < -0.39 is 0 Å². The number of fused-ring (bicyclic) bond motifs is 1. The van der Waals surface area contributed by atoms with Gasteiger partial charge < -0.3 is 24.7 Å². The van der Waals surface area contributed by atoms with E-state index in [9.17, 15) is 0 Å². The molecular formula is C27H36N6O4. The van der Waals surface area contributed by atoms with Gasteiger partial charge in [-0.3, -0.25) is 9.47 Å². The Hall–Kier alpha value is -3.47. The van der Waals surface area contributed by atoms with Crippen LogP contribution < -0.4 is 15.2 Å². The summed E-state index contributed by atoms with van der Waals surface area (Å²) in [6.45, 7) is 9.96. The van der Waals surface area contributed by atoms with Gasteiger partial charge in [0.1, 0.15) is 6.61 Å². The summed E-state index contributed by atoms with van der Waals surface area (Å²) in [4.78, 5) is 15.6. The zero-order valence-electron chi connectivity index (χ0n) is 22.1. The van der Waals surface area contributed by atoms with Gasteiger partial charge in [0.05, 0.1) is 33.5 Å². The van der Waals surface area contributed by atoms with Gasteiger partial charge in [-0.1, -0.05) is 42.0 Å². The lowest BCUT2D eigenvalue weighted by molar-refractivity contribution is 0.0342. The maximum absolute atomic E-state index is 6.14. The van der Waals surface area contributed by atoms with E-state index in [2.05, 4.69) is 70.1 Å². The third-order valence-electron chi connectivity index (χ3n) is 6.18. The van der Waals surface area contributed by atoms with Crippen molar-refractivity contribution >= 4 is 22.6 Å². The molecule has 4 rings (SSSR count). The summed E-state index contributed by atoms with van der Waals surface area (Å²) in [7, 11) is 3.18. The van der Waals surface area contributed by atoms with Gasteiger partial charge in [0, 0.05) is 26.7 Å². The first-order valence-corrected chi connectivity index (χ1v) is 12.4. The quantitative estimate of drug-likeness (QED) is 0.308. The number of hydrogen-bond donors (Lipinski definition) is 1. The van der Waals surface area contributed by atoms with Crippen LogP contribution in [0.4, 0.5) is 5.82 Å². The Kier molecular flexibility index (Phi) is 9.10. The van der Waals surface area contributed by atoms with Crippen LogP contribution in [0.2, 0.25) is 0 Å². The molecule has 1 aromatic carbocycles. The molecule has 37 heavy (non-hydrogen) atoms. The van der Waals surface area contributed by atoms with Crippen molar-refractivity contribution in [2.24, 2.45) is 0 Å². The fraction of sp³-hybridized carbons (Fsp3) is 0.444. The van der Waals surface area contributed by atoms with Crippen LogP contribution in [0.3, 0.4) is 0 Å². The third-order valence-corrected chi connectivity index (χ3v) is 6.18. The molecule has 10 nitrogen and oxygen atoms in total. The van der Waals surface area contributed by atoms with E-state index in [4.69, 9.17) is 24.7 Å². The maximum atomic E-state index is 6.14. The van der Waals surface area contributed by atoms with Crippen LogP contribution in [0.15, 0.2) is 42.0 Å². The van der Waals surface area contributed by atoms with E-state index in [1.54, 1.807) is 14.2 Å². The van der Waals surface area contributed by atoms with Crippen LogP contribution >= 0.6 is 0 Å². The molecule has 2 aromatic heterocycles. The average Bonchev–Trinajstić information content (AvgIpc) is 3.26. The number of ether oxygens (including phenoxy) is 4.